The van der Waals surface area contributed by atoms with Crippen LogP contribution in [0.1, 0.15) is 35.3 Å². The van der Waals surface area contributed by atoms with Crippen molar-refractivity contribution in [2.45, 2.75) is 38.7 Å². The highest BCUT2D eigenvalue weighted by Crippen LogP contribution is 2.23. The fourth-order valence-corrected chi connectivity index (χ4v) is 4.09. The first kappa shape index (κ1) is 22.4. The molecule has 0 bridgehead atoms. The summed E-state index contributed by atoms with van der Waals surface area (Å²) < 4.78 is 33.5. The van der Waals surface area contributed by atoms with Gasteiger partial charge in [-0.15, -0.1) is 0 Å². The minimum absolute atomic E-state index is 0.0323. The van der Waals surface area contributed by atoms with Crippen molar-refractivity contribution < 1.29 is 17.9 Å². The summed E-state index contributed by atoms with van der Waals surface area (Å²) in [5, 5.41) is 2.84. The van der Waals surface area contributed by atoms with E-state index >= 15 is 0 Å². The van der Waals surface area contributed by atoms with Gasteiger partial charge in [0.1, 0.15) is 5.75 Å². The normalized spacial score (nSPS) is 11.3. The Morgan fingerprint density at radius 3 is 2.29 bits per heavy atom. The molecule has 0 fully saturated rings. The van der Waals surface area contributed by atoms with Gasteiger partial charge >= 0.3 is 0 Å². The van der Waals surface area contributed by atoms with Crippen LogP contribution in [0.2, 0.25) is 0 Å². The number of hydrogen-bond donors (Lipinski definition) is 2. The van der Waals surface area contributed by atoms with E-state index in [-0.39, 0.29) is 16.9 Å². The van der Waals surface area contributed by atoms with Crippen molar-refractivity contribution in [1.82, 2.24) is 0 Å². The predicted octanol–water partition coefficient (Wildman–Crippen LogP) is 5.14. The molecule has 7 heteroatoms. The molecule has 0 saturated heterocycles. The molecule has 162 valence electrons. The van der Waals surface area contributed by atoms with Crippen LogP contribution in [0.4, 0.5) is 11.4 Å². The number of rotatable bonds is 7. The monoisotopic (exact) mass is 438 g/mol. The molecule has 0 atom stereocenters. The summed E-state index contributed by atoms with van der Waals surface area (Å²) in [6, 6.07) is 18.6. The average molecular weight is 439 g/mol. The second kappa shape index (κ2) is 9.22. The summed E-state index contributed by atoms with van der Waals surface area (Å²) in [4.78, 5) is 12.8. The molecule has 0 aliphatic rings. The number of amides is 1. The van der Waals surface area contributed by atoms with Gasteiger partial charge in [-0.25, -0.2) is 8.42 Å². The van der Waals surface area contributed by atoms with Crippen molar-refractivity contribution in [3.05, 3.63) is 83.4 Å². The van der Waals surface area contributed by atoms with E-state index in [9.17, 15) is 13.2 Å². The SMILES string of the molecule is Cc1ccc(S(=O)(=O)Nc2ccc(C(=O)Nc3cccc(OC(C)C)c3)cc2C)cc1. The number of sulfonamides is 1. The van der Waals surface area contributed by atoms with E-state index in [0.29, 0.717) is 28.3 Å². The molecule has 0 heterocycles. The van der Waals surface area contributed by atoms with Gasteiger partial charge < -0.3 is 10.1 Å². The summed E-state index contributed by atoms with van der Waals surface area (Å²) in [6.07, 6.45) is 0.0323. The largest absolute Gasteiger partial charge is 0.491 e. The van der Waals surface area contributed by atoms with Crippen molar-refractivity contribution in [3.8, 4) is 5.75 Å². The van der Waals surface area contributed by atoms with Crippen molar-refractivity contribution in [2.75, 3.05) is 10.0 Å². The average Bonchev–Trinajstić information content (AvgIpc) is 2.69. The highest BCUT2D eigenvalue weighted by atomic mass is 32.2. The Kier molecular flexibility index (Phi) is 6.65. The Balaban J connectivity index is 1.74. The minimum atomic E-state index is -3.71. The first-order valence-corrected chi connectivity index (χ1v) is 11.4. The zero-order valence-electron chi connectivity index (χ0n) is 18.0. The van der Waals surface area contributed by atoms with Crippen LogP contribution < -0.4 is 14.8 Å². The van der Waals surface area contributed by atoms with Crippen molar-refractivity contribution in [3.63, 3.8) is 0 Å². The van der Waals surface area contributed by atoms with Gasteiger partial charge in [0, 0.05) is 17.3 Å². The second-order valence-corrected chi connectivity index (χ2v) is 9.28. The Morgan fingerprint density at radius 1 is 0.935 bits per heavy atom. The van der Waals surface area contributed by atoms with Crippen LogP contribution in [-0.4, -0.2) is 20.4 Å². The Hall–Kier alpha value is -3.32. The fraction of sp³-hybridized carbons (Fsp3) is 0.208. The van der Waals surface area contributed by atoms with E-state index in [1.165, 1.54) is 0 Å². The van der Waals surface area contributed by atoms with Gasteiger partial charge in [0.2, 0.25) is 0 Å². The molecule has 0 radical (unpaired) electrons. The van der Waals surface area contributed by atoms with Crippen LogP contribution >= 0.6 is 0 Å². The maximum atomic E-state index is 12.7. The topological polar surface area (TPSA) is 84.5 Å². The molecule has 3 aromatic rings. The number of hydrogen-bond acceptors (Lipinski definition) is 4. The van der Waals surface area contributed by atoms with Gasteiger partial charge in [0.25, 0.3) is 15.9 Å². The summed E-state index contributed by atoms with van der Waals surface area (Å²) in [5.41, 5.74) is 3.08. The van der Waals surface area contributed by atoms with Crippen LogP contribution in [0.5, 0.6) is 5.75 Å². The van der Waals surface area contributed by atoms with E-state index in [1.54, 1.807) is 61.5 Å². The first-order valence-electron chi connectivity index (χ1n) is 9.92. The van der Waals surface area contributed by atoms with Crippen molar-refractivity contribution in [2.24, 2.45) is 0 Å². The first-order chi connectivity index (χ1) is 14.6. The molecule has 0 aromatic heterocycles. The molecule has 2 N–H and O–H groups in total. The van der Waals surface area contributed by atoms with Gasteiger partial charge in [-0.2, -0.15) is 0 Å². The molecule has 0 saturated carbocycles. The number of aryl methyl sites for hydroxylation is 2. The van der Waals surface area contributed by atoms with Gasteiger partial charge in [-0.05, 0) is 75.7 Å². The Labute approximate surface area is 183 Å². The molecule has 3 aromatic carbocycles. The van der Waals surface area contributed by atoms with Crippen LogP contribution in [0, 0.1) is 13.8 Å². The third-order valence-electron chi connectivity index (χ3n) is 4.53. The quantitative estimate of drug-likeness (QED) is 0.535. The maximum absolute atomic E-state index is 12.7. The molecule has 0 aliphatic carbocycles. The number of carbonyl (C=O) groups excluding carboxylic acids is 1. The van der Waals surface area contributed by atoms with E-state index in [1.807, 2.05) is 32.9 Å². The predicted molar refractivity (Wildman–Crippen MR) is 123 cm³/mol. The summed E-state index contributed by atoms with van der Waals surface area (Å²) in [6.45, 7) is 7.51. The molecule has 3 rings (SSSR count). The van der Waals surface area contributed by atoms with E-state index in [0.717, 1.165) is 5.56 Å². The number of ether oxygens (including phenoxy) is 1. The lowest BCUT2D eigenvalue weighted by molar-refractivity contribution is 0.102. The lowest BCUT2D eigenvalue weighted by Gasteiger charge is -2.13. The number of nitrogens with one attached hydrogen (secondary N) is 2. The molecule has 6 nitrogen and oxygen atoms in total. The molecule has 0 aliphatic heterocycles. The van der Waals surface area contributed by atoms with Gasteiger partial charge in [0.05, 0.1) is 16.7 Å². The fourth-order valence-electron chi connectivity index (χ4n) is 2.96. The highest BCUT2D eigenvalue weighted by Gasteiger charge is 2.16. The van der Waals surface area contributed by atoms with E-state index in [4.69, 9.17) is 4.74 Å². The lowest BCUT2D eigenvalue weighted by Crippen LogP contribution is -2.15. The third kappa shape index (κ3) is 5.86. The molecule has 1 amide bonds. The van der Waals surface area contributed by atoms with Crippen molar-refractivity contribution in [1.29, 1.82) is 0 Å². The van der Waals surface area contributed by atoms with Gasteiger partial charge in [-0.3, -0.25) is 9.52 Å². The molecular weight excluding hydrogens is 412 g/mol. The zero-order chi connectivity index (χ0) is 22.6. The smallest absolute Gasteiger partial charge is 0.261 e. The maximum Gasteiger partial charge on any atom is 0.261 e. The highest BCUT2D eigenvalue weighted by molar-refractivity contribution is 7.92. The Bertz CT molecular complexity index is 1190. The van der Waals surface area contributed by atoms with Crippen LogP contribution in [-0.2, 0) is 10.0 Å². The van der Waals surface area contributed by atoms with Gasteiger partial charge in [-0.1, -0.05) is 23.8 Å². The number of carbonyl (C=O) groups is 1. The number of anilines is 2. The standard InChI is InChI=1S/C24H26N2O4S/c1-16(2)30-21-7-5-6-20(15-21)25-24(27)19-10-13-23(18(4)14-19)26-31(28,29)22-11-8-17(3)9-12-22/h5-16,26H,1-4H3,(H,25,27). The van der Waals surface area contributed by atoms with Crippen LogP contribution in [0.3, 0.4) is 0 Å². The second-order valence-electron chi connectivity index (χ2n) is 7.60. The summed E-state index contributed by atoms with van der Waals surface area (Å²) >= 11 is 0. The molecule has 0 spiro atoms. The van der Waals surface area contributed by atoms with Crippen LogP contribution in [0.15, 0.2) is 71.6 Å². The minimum Gasteiger partial charge on any atom is -0.491 e. The van der Waals surface area contributed by atoms with Crippen LogP contribution in [0.25, 0.3) is 0 Å². The van der Waals surface area contributed by atoms with Crippen molar-refractivity contribution >= 4 is 27.3 Å². The summed E-state index contributed by atoms with van der Waals surface area (Å²) in [7, 11) is -3.71. The zero-order valence-corrected chi connectivity index (χ0v) is 18.8. The molecule has 0 unspecified atom stereocenters. The summed E-state index contributed by atoms with van der Waals surface area (Å²) in [5.74, 6) is 0.377. The van der Waals surface area contributed by atoms with Gasteiger partial charge in [0.15, 0.2) is 0 Å². The number of benzene rings is 3. The molecule has 31 heavy (non-hydrogen) atoms. The lowest BCUT2D eigenvalue weighted by atomic mass is 10.1. The van der Waals surface area contributed by atoms with E-state index in [2.05, 4.69) is 10.0 Å². The third-order valence-corrected chi connectivity index (χ3v) is 5.91. The molecular formula is C24H26N2O4S. The van der Waals surface area contributed by atoms with E-state index < -0.39 is 10.0 Å². The Morgan fingerprint density at radius 2 is 1.65 bits per heavy atom.